The van der Waals surface area contributed by atoms with Crippen LogP contribution in [0.25, 0.3) is 0 Å². The molecule has 13 aliphatic carbocycles. The smallest absolute Gasteiger partial charge is 0.331 e. The van der Waals surface area contributed by atoms with Crippen molar-refractivity contribution in [1.29, 1.82) is 0 Å². The average molecular weight is 1150 g/mol. The molecule has 14 aliphatic rings. The van der Waals surface area contributed by atoms with Crippen LogP contribution in [0.15, 0.2) is 78.4 Å². The molecule has 85 heavy (non-hydrogen) atoms. The van der Waals surface area contributed by atoms with Gasteiger partial charge in [-0.05, 0) is 233 Å². The van der Waals surface area contributed by atoms with Gasteiger partial charge in [0.15, 0.2) is 0 Å². The molecule has 9 heteroatoms. The third kappa shape index (κ3) is 7.97. The first-order valence-electron chi connectivity index (χ1n) is 33.9. The van der Waals surface area contributed by atoms with Gasteiger partial charge < -0.3 is 40.4 Å². The number of fused-ring (bicyclic) bond motifs is 11. The highest BCUT2D eigenvalue weighted by atomic mass is 16.5. The predicted octanol–water partition coefficient (Wildman–Crippen LogP) is 10.6. The summed E-state index contributed by atoms with van der Waals surface area (Å²) in [6.07, 6.45) is 19.1. The molecule has 9 nitrogen and oxygen atoms in total. The van der Waals surface area contributed by atoms with E-state index in [1.54, 1.807) is 6.08 Å². The molecule has 0 unspecified atom stereocenters. The van der Waals surface area contributed by atoms with Crippen molar-refractivity contribution in [2.24, 2.45) is 98.6 Å². The maximum atomic E-state index is 15.8. The lowest BCUT2D eigenvalue weighted by atomic mass is 9.32. The van der Waals surface area contributed by atoms with E-state index in [1.165, 1.54) is 47.9 Å². The van der Waals surface area contributed by atoms with E-state index < -0.39 is 74.3 Å². The molecular formula is C76H91NO8. The Morgan fingerprint density at radius 2 is 1.58 bits per heavy atom. The SMILES string of the molecule is CN[C@@H]1Cc2c(cccc2CO)C#C[C@]23CC[C@@H](Cc4cccc(c4)Cc4cccc(c4)C[C@H]4CC#C[C@@H]5C[C@]6(C2)[C@H]2C7=CC(=O)O[C@H]7[C@H]1C[C@H]2C[C@]6(O)[C@]1(O)C[C@H]2C[C@H]([C@@H](C)C6CCCC6)CC[C@H]6[C@@H](O)[C@]7(CC[C@@H]4C7)C[C@](C=O)([C@@H]51)[C@]26O)C3. The average Bonchev–Trinajstić information content (AvgIpc) is 1.64. The Balaban J connectivity index is 0.967. The number of hydrogen-bond acceptors (Lipinski definition) is 9. The molecule has 9 saturated carbocycles. The Labute approximate surface area is 504 Å². The fraction of sp³-hybridized carbons (Fsp3) is 0.658. The monoisotopic (exact) mass is 1150 g/mol. The van der Waals surface area contributed by atoms with E-state index in [-0.39, 0.29) is 79.3 Å². The lowest BCUT2D eigenvalue weighted by Crippen LogP contribution is -2.83. The van der Waals surface area contributed by atoms with Crippen molar-refractivity contribution in [2.75, 3.05) is 7.05 Å². The number of benzene rings is 3. The van der Waals surface area contributed by atoms with Crippen molar-refractivity contribution in [1.82, 2.24) is 5.32 Å². The third-order valence-corrected chi connectivity index (χ3v) is 28.1. The minimum absolute atomic E-state index is 0.112. The molecule has 22 atom stereocenters. The van der Waals surface area contributed by atoms with Gasteiger partial charge in [-0.15, -0.1) is 5.92 Å². The molecule has 17 rings (SSSR count). The van der Waals surface area contributed by atoms with Crippen LogP contribution >= 0.6 is 0 Å². The summed E-state index contributed by atoms with van der Waals surface area (Å²) < 4.78 is 6.65. The Kier molecular flexibility index (Phi) is 13.1. The van der Waals surface area contributed by atoms with Gasteiger partial charge in [-0.3, -0.25) is 0 Å². The zero-order chi connectivity index (χ0) is 58.0. The summed E-state index contributed by atoms with van der Waals surface area (Å²) in [5.41, 5.74) is -0.511. The Morgan fingerprint density at radius 3 is 2.35 bits per heavy atom. The molecule has 9 fully saturated rings. The molecule has 0 radical (unpaired) electrons. The number of hydrogen-bond donors (Lipinski definition) is 6. The molecule has 15 bridgehead atoms. The van der Waals surface area contributed by atoms with Gasteiger partial charge in [0.05, 0.1) is 29.3 Å². The van der Waals surface area contributed by atoms with Crippen LogP contribution in [0.4, 0.5) is 0 Å². The number of likely N-dealkylation sites (N-methyl/N-ethyl adjacent to an activating group) is 1. The number of nitrogens with one attached hydrogen (secondary N) is 1. The first kappa shape index (κ1) is 55.7. The number of aldehydes is 1. The molecule has 3 aromatic rings. The van der Waals surface area contributed by atoms with E-state index >= 15 is 15.0 Å². The molecule has 6 N–H and O–H groups in total. The van der Waals surface area contributed by atoms with Gasteiger partial charge in [0.2, 0.25) is 0 Å². The second kappa shape index (κ2) is 20.0. The Morgan fingerprint density at radius 1 is 0.800 bits per heavy atom. The highest BCUT2D eigenvalue weighted by Gasteiger charge is 2.86. The van der Waals surface area contributed by atoms with Gasteiger partial charge in [0.25, 0.3) is 0 Å². The van der Waals surface area contributed by atoms with Gasteiger partial charge in [-0.2, -0.15) is 0 Å². The van der Waals surface area contributed by atoms with E-state index in [0.717, 1.165) is 92.8 Å². The summed E-state index contributed by atoms with van der Waals surface area (Å²) >= 11 is 0. The first-order chi connectivity index (χ1) is 41.1. The molecule has 1 aliphatic heterocycles. The van der Waals surface area contributed by atoms with Crippen LogP contribution in [-0.2, 0) is 46.6 Å². The fourth-order valence-electron chi connectivity index (χ4n) is 24.9. The van der Waals surface area contributed by atoms with Crippen molar-refractivity contribution in [2.45, 2.75) is 203 Å². The van der Waals surface area contributed by atoms with Crippen molar-refractivity contribution >= 4 is 12.3 Å². The molecule has 448 valence electrons. The quantitative estimate of drug-likeness (QED) is 0.0832. The van der Waals surface area contributed by atoms with Crippen LogP contribution in [0.3, 0.4) is 0 Å². The van der Waals surface area contributed by atoms with Crippen LogP contribution < -0.4 is 5.32 Å². The van der Waals surface area contributed by atoms with Gasteiger partial charge in [-0.25, -0.2) is 4.79 Å². The van der Waals surface area contributed by atoms with Crippen molar-refractivity contribution in [3.63, 3.8) is 0 Å². The summed E-state index contributed by atoms with van der Waals surface area (Å²) in [6, 6.07) is 24.3. The summed E-state index contributed by atoms with van der Waals surface area (Å²) in [5, 5.41) is 74.6. The zero-order valence-electron chi connectivity index (χ0n) is 50.4. The molecule has 0 aromatic heterocycles. The summed E-state index contributed by atoms with van der Waals surface area (Å²) in [5.74, 6) is 13.9. The number of aliphatic hydroxyl groups excluding tert-OH is 2. The lowest BCUT2D eigenvalue weighted by Gasteiger charge is -2.74. The van der Waals surface area contributed by atoms with Crippen molar-refractivity contribution in [3.05, 3.63) is 117 Å². The van der Waals surface area contributed by atoms with E-state index in [2.05, 4.69) is 90.5 Å². The van der Waals surface area contributed by atoms with Crippen LogP contribution in [0, 0.1) is 122 Å². The first-order valence-corrected chi connectivity index (χ1v) is 33.9. The number of aliphatic hydroxyl groups is 5. The molecule has 0 amide bonds. The van der Waals surface area contributed by atoms with Gasteiger partial charge in [-0.1, -0.05) is 111 Å². The highest BCUT2D eigenvalue weighted by Crippen LogP contribution is 2.81. The molecule has 3 spiro atoms. The standard InChI is InChI=1S/C76H91NO8/c1-45(51-13-3-4-14-51)53-19-20-63-69(81)71-26-23-55(37-71)54-16-8-17-56-38-72-42-70(24-21-50(36-70)30-48-11-5-9-46(28-48)27-47-10-6-12-49(29-47)31-54)25-22-52-15-7-18-57(41-78)60(52)34-64(77-2)61-33-58(66(72)62-35-65(80)85-67(61)62)39-75(72,83)74(82)40-59(32-53)76(63,84)73(43-71,44-79)68(56)74/h5-7,9-12,15,18,28-29,35,44-45,50-51,53-56,58-59,61,63-64,66-69,77-78,81-84H,3-4,13-14,16,19-21,23-24,26-27,30-34,36-43H2,1-2H3/t45-,50-,53+,54+,55+,56+,58-,59+,61-,63-,64+,66+,67-,68+,69+,70-,71-,72-,73-,74-,75+,76-/m0/s1. The molecular weight excluding hydrogens is 1050 g/mol. The number of ether oxygens (including phenoxy) is 1. The second-order valence-corrected chi connectivity index (χ2v) is 31.6. The van der Waals surface area contributed by atoms with Gasteiger partial charge in [0.1, 0.15) is 18.0 Å². The Hall–Kier alpha value is -4.58. The predicted molar refractivity (Wildman–Crippen MR) is 325 cm³/mol. The normalized spacial score (nSPS) is 46.4. The number of esters is 1. The number of carbonyl (C=O) groups is 2. The van der Waals surface area contributed by atoms with Gasteiger partial charge >= 0.3 is 5.97 Å². The third-order valence-electron chi connectivity index (χ3n) is 28.1. The van der Waals surface area contributed by atoms with E-state index in [4.69, 9.17) is 4.74 Å². The molecule has 1 heterocycles. The molecule has 3 aromatic carbocycles. The highest BCUT2D eigenvalue weighted by molar-refractivity contribution is 5.86. The summed E-state index contributed by atoms with van der Waals surface area (Å²) in [4.78, 5) is 30.2. The van der Waals surface area contributed by atoms with Crippen molar-refractivity contribution < 1.29 is 39.9 Å². The van der Waals surface area contributed by atoms with Crippen LogP contribution in [-0.4, -0.2) is 79.9 Å². The van der Waals surface area contributed by atoms with Crippen LogP contribution in [0.2, 0.25) is 0 Å². The van der Waals surface area contributed by atoms with Crippen LogP contribution in [0.1, 0.15) is 174 Å². The maximum Gasteiger partial charge on any atom is 0.331 e. The lowest BCUT2D eigenvalue weighted by molar-refractivity contribution is -0.363. The summed E-state index contributed by atoms with van der Waals surface area (Å²) in [6.45, 7) is 2.30. The van der Waals surface area contributed by atoms with Gasteiger partial charge in [0, 0.05) is 58.6 Å². The fourth-order valence-corrected chi connectivity index (χ4v) is 24.9. The summed E-state index contributed by atoms with van der Waals surface area (Å²) in [7, 11) is 1.98. The van der Waals surface area contributed by atoms with E-state index in [1.807, 2.05) is 19.2 Å². The Bertz CT molecular complexity index is 3380. The minimum atomic E-state index is -1.91. The van der Waals surface area contributed by atoms with E-state index in [9.17, 15) is 20.1 Å². The zero-order valence-corrected chi connectivity index (χ0v) is 50.4. The van der Waals surface area contributed by atoms with Crippen LogP contribution in [0.5, 0.6) is 0 Å². The van der Waals surface area contributed by atoms with E-state index in [0.29, 0.717) is 56.8 Å². The second-order valence-electron chi connectivity index (χ2n) is 31.6. The topological polar surface area (TPSA) is 157 Å². The number of carbonyl (C=O) groups excluding carboxylic acids is 2. The molecule has 0 saturated heterocycles. The minimum Gasteiger partial charge on any atom is -0.454 e. The van der Waals surface area contributed by atoms with Crippen molar-refractivity contribution in [3.8, 4) is 23.7 Å². The maximum absolute atomic E-state index is 15.8. The largest absolute Gasteiger partial charge is 0.454 e. The number of rotatable bonds is 5.